The van der Waals surface area contributed by atoms with Crippen LogP contribution in [0.15, 0.2) is 24.5 Å². The highest BCUT2D eigenvalue weighted by atomic mass is 16.6. The van der Waals surface area contributed by atoms with Crippen molar-refractivity contribution in [3.63, 3.8) is 0 Å². The first-order valence-corrected chi connectivity index (χ1v) is 8.56. The topological polar surface area (TPSA) is 139 Å². The van der Waals surface area contributed by atoms with Crippen molar-refractivity contribution in [2.24, 2.45) is 5.92 Å². The van der Waals surface area contributed by atoms with Crippen LogP contribution in [0.25, 0.3) is 0 Å². The summed E-state index contributed by atoms with van der Waals surface area (Å²) >= 11 is 0. The van der Waals surface area contributed by atoms with Gasteiger partial charge in [0.2, 0.25) is 17.6 Å². The Morgan fingerprint density at radius 2 is 2.19 bits per heavy atom. The van der Waals surface area contributed by atoms with Crippen molar-refractivity contribution in [3.8, 4) is 11.9 Å². The fourth-order valence-corrected chi connectivity index (χ4v) is 3.08. The molecule has 0 aliphatic heterocycles. The van der Waals surface area contributed by atoms with E-state index in [1.54, 1.807) is 18.3 Å². The Morgan fingerprint density at radius 3 is 2.93 bits per heavy atom. The summed E-state index contributed by atoms with van der Waals surface area (Å²) in [6, 6.07) is 5.54. The van der Waals surface area contributed by atoms with Gasteiger partial charge in [-0.25, -0.2) is 9.97 Å². The van der Waals surface area contributed by atoms with Gasteiger partial charge in [-0.2, -0.15) is 10.2 Å². The molecule has 0 unspecified atom stereocenters. The number of nitro groups is 1. The van der Waals surface area contributed by atoms with Crippen molar-refractivity contribution < 1.29 is 9.66 Å². The molecular formula is C17H19N7O3. The SMILES string of the molecule is COc1ncccc1Nc1ncc([N+](=O)[O-])c(N[C@H]2CCCC[C@@H]2C#N)n1. The molecule has 0 aromatic carbocycles. The average Bonchev–Trinajstić information content (AvgIpc) is 2.69. The maximum atomic E-state index is 11.4. The minimum absolute atomic E-state index is 0.0903. The number of nitrogens with one attached hydrogen (secondary N) is 2. The third kappa shape index (κ3) is 4.20. The Hall–Kier alpha value is -3.48. The van der Waals surface area contributed by atoms with Crippen molar-refractivity contribution in [2.75, 3.05) is 17.7 Å². The molecule has 1 saturated carbocycles. The molecule has 10 heteroatoms. The molecular weight excluding hydrogens is 350 g/mol. The molecule has 0 bridgehead atoms. The molecule has 2 heterocycles. The quantitative estimate of drug-likeness (QED) is 0.581. The molecule has 1 fully saturated rings. The van der Waals surface area contributed by atoms with E-state index in [0.29, 0.717) is 11.6 Å². The van der Waals surface area contributed by atoms with Crippen LogP contribution in [0.4, 0.5) is 23.1 Å². The summed E-state index contributed by atoms with van der Waals surface area (Å²) in [6.45, 7) is 0. The smallest absolute Gasteiger partial charge is 0.329 e. The maximum Gasteiger partial charge on any atom is 0.329 e. The lowest BCUT2D eigenvalue weighted by atomic mass is 9.85. The van der Waals surface area contributed by atoms with Crippen molar-refractivity contribution in [1.29, 1.82) is 5.26 Å². The number of hydrogen-bond donors (Lipinski definition) is 2. The van der Waals surface area contributed by atoms with E-state index in [1.807, 2.05) is 0 Å². The monoisotopic (exact) mass is 369 g/mol. The van der Waals surface area contributed by atoms with Gasteiger partial charge in [-0.1, -0.05) is 12.8 Å². The van der Waals surface area contributed by atoms with Crippen LogP contribution in [0.5, 0.6) is 5.88 Å². The summed E-state index contributed by atoms with van der Waals surface area (Å²) in [6.07, 6.45) is 6.20. The van der Waals surface area contributed by atoms with Gasteiger partial charge >= 0.3 is 5.69 Å². The number of rotatable bonds is 6. The number of pyridine rings is 1. The van der Waals surface area contributed by atoms with E-state index in [2.05, 4.69) is 31.7 Å². The molecule has 140 valence electrons. The summed E-state index contributed by atoms with van der Waals surface area (Å²) in [5.41, 5.74) is 0.299. The van der Waals surface area contributed by atoms with Gasteiger partial charge in [-0.3, -0.25) is 10.1 Å². The number of aromatic nitrogens is 3. The molecule has 10 nitrogen and oxygen atoms in total. The summed E-state index contributed by atoms with van der Waals surface area (Å²) in [5, 5.41) is 26.7. The number of nitriles is 1. The van der Waals surface area contributed by atoms with Crippen molar-refractivity contribution in [1.82, 2.24) is 15.0 Å². The largest absolute Gasteiger partial charge is 0.480 e. The molecule has 2 atom stereocenters. The molecule has 0 saturated heterocycles. The van der Waals surface area contributed by atoms with E-state index in [0.717, 1.165) is 31.9 Å². The summed E-state index contributed by atoms with van der Waals surface area (Å²) < 4.78 is 5.17. The van der Waals surface area contributed by atoms with Crippen LogP contribution in [0.3, 0.4) is 0 Å². The first-order chi connectivity index (χ1) is 13.1. The fraction of sp³-hybridized carbons (Fsp3) is 0.412. The van der Waals surface area contributed by atoms with Gasteiger partial charge in [0, 0.05) is 12.2 Å². The van der Waals surface area contributed by atoms with Crippen molar-refractivity contribution in [3.05, 3.63) is 34.6 Å². The predicted molar refractivity (Wildman–Crippen MR) is 97.7 cm³/mol. The molecule has 3 rings (SSSR count). The summed E-state index contributed by atoms with van der Waals surface area (Å²) in [7, 11) is 1.49. The van der Waals surface area contributed by atoms with Gasteiger partial charge < -0.3 is 15.4 Å². The van der Waals surface area contributed by atoms with Gasteiger partial charge in [-0.05, 0) is 25.0 Å². The van der Waals surface area contributed by atoms with Gasteiger partial charge in [0.05, 0.1) is 24.0 Å². The van der Waals surface area contributed by atoms with Gasteiger partial charge in [0.15, 0.2) is 0 Å². The highest BCUT2D eigenvalue weighted by Gasteiger charge is 2.28. The second-order valence-corrected chi connectivity index (χ2v) is 6.14. The van der Waals surface area contributed by atoms with Crippen LogP contribution >= 0.6 is 0 Å². The molecule has 2 N–H and O–H groups in total. The van der Waals surface area contributed by atoms with E-state index in [1.165, 1.54) is 7.11 Å². The van der Waals surface area contributed by atoms with E-state index in [9.17, 15) is 15.4 Å². The lowest BCUT2D eigenvalue weighted by molar-refractivity contribution is -0.384. The molecule has 1 aliphatic rings. The van der Waals surface area contributed by atoms with Crippen LogP contribution in [-0.4, -0.2) is 33.0 Å². The van der Waals surface area contributed by atoms with Crippen LogP contribution in [0.1, 0.15) is 25.7 Å². The third-order valence-corrected chi connectivity index (χ3v) is 4.43. The molecule has 0 radical (unpaired) electrons. The molecule has 27 heavy (non-hydrogen) atoms. The zero-order valence-electron chi connectivity index (χ0n) is 14.8. The van der Waals surface area contributed by atoms with Crippen molar-refractivity contribution in [2.45, 2.75) is 31.7 Å². The zero-order chi connectivity index (χ0) is 19.2. The lowest BCUT2D eigenvalue weighted by Gasteiger charge is -2.27. The molecule has 1 aliphatic carbocycles. The highest BCUT2D eigenvalue weighted by Crippen LogP contribution is 2.31. The molecule has 0 spiro atoms. The average molecular weight is 369 g/mol. The molecule has 2 aromatic heterocycles. The zero-order valence-corrected chi connectivity index (χ0v) is 14.8. The Morgan fingerprint density at radius 1 is 1.37 bits per heavy atom. The Kier molecular flexibility index (Phi) is 5.61. The minimum atomic E-state index is -0.541. The van der Waals surface area contributed by atoms with Crippen LogP contribution < -0.4 is 15.4 Å². The lowest BCUT2D eigenvalue weighted by Crippen LogP contribution is -2.32. The standard InChI is InChI=1S/C17H19N7O3/c1-27-16-13(7-4-8-19-16)22-17-20-10-14(24(25)26)15(23-17)21-12-6-3-2-5-11(12)9-18/h4,7-8,10-12H,2-3,5-6H2,1H3,(H2,20,21,22,23)/t11-,12+/m1/s1. The van der Waals surface area contributed by atoms with Crippen LogP contribution in [0, 0.1) is 27.4 Å². The first kappa shape index (κ1) is 18.3. The van der Waals surface area contributed by atoms with Gasteiger partial charge in [-0.15, -0.1) is 0 Å². The number of anilines is 3. The number of hydrogen-bond acceptors (Lipinski definition) is 9. The molecule has 0 amide bonds. The van der Waals surface area contributed by atoms with E-state index >= 15 is 0 Å². The number of methoxy groups -OCH3 is 1. The Bertz CT molecular complexity index is 868. The first-order valence-electron chi connectivity index (χ1n) is 8.56. The Balaban J connectivity index is 1.88. The number of nitrogens with zero attached hydrogens (tertiary/aromatic N) is 5. The maximum absolute atomic E-state index is 11.4. The van der Waals surface area contributed by atoms with Gasteiger partial charge in [0.1, 0.15) is 11.9 Å². The summed E-state index contributed by atoms with van der Waals surface area (Å²) in [4.78, 5) is 23.2. The van der Waals surface area contributed by atoms with E-state index in [-0.39, 0.29) is 29.4 Å². The normalized spacial score (nSPS) is 19.0. The second-order valence-electron chi connectivity index (χ2n) is 6.14. The van der Waals surface area contributed by atoms with E-state index in [4.69, 9.17) is 4.74 Å². The fourth-order valence-electron chi connectivity index (χ4n) is 3.08. The summed E-state index contributed by atoms with van der Waals surface area (Å²) in [5.74, 6) is 0.403. The van der Waals surface area contributed by atoms with Gasteiger partial charge in [0.25, 0.3) is 0 Å². The van der Waals surface area contributed by atoms with Crippen LogP contribution in [0.2, 0.25) is 0 Å². The number of ether oxygens (including phenoxy) is 1. The minimum Gasteiger partial charge on any atom is -0.480 e. The van der Waals surface area contributed by atoms with E-state index < -0.39 is 4.92 Å². The van der Waals surface area contributed by atoms with Crippen molar-refractivity contribution >= 4 is 23.1 Å². The predicted octanol–water partition coefficient (Wildman–Crippen LogP) is 3.03. The van der Waals surface area contributed by atoms with Crippen LogP contribution in [-0.2, 0) is 0 Å². The Labute approximate surface area is 155 Å². The third-order valence-electron chi connectivity index (χ3n) is 4.43. The second kappa shape index (κ2) is 8.27. The molecule has 2 aromatic rings. The highest BCUT2D eigenvalue weighted by molar-refractivity contribution is 5.63.